The number of aromatic nitrogens is 1. The smallest absolute Gasteiger partial charge is 0.274 e. The van der Waals surface area contributed by atoms with E-state index in [0.717, 1.165) is 24.5 Å². The van der Waals surface area contributed by atoms with Crippen LogP contribution in [-0.2, 0) is 16.1 Å². The molecule has 2 saturated heterocycles. The molecule has 146 valence electrons. The Kier molecular flexibility index (Phi) is 5.48. The quantitative estimate of drug-likeness (QED) is 0.788. The number of likely N-dealkylation sites (tertiary alicyclic amines) is 1. The Bertz CT molecular complexity index is 852. The van der Waals surface area contributed by atoms with Crippen molar-refractivity contribution in [1.29, 1.82) is 0 Å². The zero-order valence-corrected chi connectivity index (χ0v) is 16.4. The molecule has 0 saturated carbocycles. The highest BCUT2D eigenvalue weighted by atomic mass is 35.5. The molecule has 2 amide bonds. The van der Waals surface area contributed by atoms with Crippen LogP contribution in [0.3, 0.4) is 0 Å². The molecule has 1 aromatic carbocycles. The van der Waals surface area contributed by atoms with Crippen LogP contribution in [0.2, 0.25) is 5.02 Å². The maximum atomic E-state index is 12.9. The molecular weight excluding hydrogens is 376 g/mol. The first-order valence-electron chi connectivity index (χ1n) is 9.63. The number of anilines is 1. The second kappa shape index (κ2) is 8.19. The number of carbonyl (C=O) groups is 2. The van der Waals surface area contributed by atoms with E-state index in [2.05, 4.69) is 9.88 Å². The van der Waals surface area contributed by atoms with Gasteiger partial charge >= 0.3 is 0 Å². The Hall–Kier alpha value is -2.60. The van der Waals surface area contributed by atoms with Crippen LogP contribution in [-0.4, -0.2) is 54.3 Å². The Morgan fingerprint density at radius 2 is 1.82 bits per heavy atom. The third-order valence-electron chi connectivity index (χ3n) is 5.51. The van der Waals surface area contributed by atoms with E-state index in [1.807, 2.05) is 53.6 Å². The summed E-state index contributed by atoms with van der Waals surface area (Å²) >= 11 is 6.21. The van der Waals surface area contributed by atoms with Crippen LogP contribution in [0.5, 0.6) is 0 Å². The molecule has 0 radical (unpaired) electrons. The highest BCUT2D eigenvalue weighted by molar-refractivity contribution is 6.31. The number of aromatic amines is 1. The van der Waals surface area contributed by atoms with Crippen molar-refractivity contribution >= 4 is 29.2 Å². The average molecular weight is 400 g/mol. The predicted molar refractivity (Wildman–Crippen MR) is 107 cm³/mol. The molecular formula is C21H24ClN4O2+. The van der Waals surface area contributed by atoms with Gasteiger partial charge in [0.25, 0.3) is 5.82 Å². The summed E-state index contributed by atoms with van der Waals surface area (Å²) in [6.07, 6.45) is 2.19. The van der Waals surface area contributed by atoms with Crippen LogP contribution in [0.4, 0.5) is 5.82 Å². The van der Waals surface area contributed by atoms with E-state index in [1.54, 1.807) is 4.90 Å². The van der Waals surface area contributed by atoms with Gasteiger partial charge in [-0.3, -0.25) is 14.5 Å². The Labute approximate surface area is 169 Å². The van der Waals surface area contributed by atoms with Gasteiger partial charge in [-0.25, -0.2) is 4.98 Å². The minimum atomic E-state index is -0.259. The van der Waals surface area contributed by atoms with Crippen LogP contribution in [0, 0.1) is 5.92 Å². The molecule has 3 heterocycles. The number of piperazine rings is 1. The number of carbonyl (C=O) groups excluding carboxylic acids is 2. The summed E-state index contributed by atoms with van der Waals surface area (Å²) in [5.74, 6) is 0.920. The highest BCUT2D eigenvalue weighted by Gasteiger charge is 2.38. The fourth-order valence-corrected chi connectivity index (χ4v) is 4.12. The molecule has 0 bridgehead atoms. The molecule has 2 aliphatic heterocycles. The van der Waals surface area contributed by atoms with E-state index in [4.69, 9.17) is 11.6 Å². The molecule has 6 nitrogen and oxygen atoms in total. The zero-order chi connectivity index (χ0) is 19.5. The third kappa shape index (κ3) is 3.97. The van der Waals surface area contributed by atoms with Gasteiger partial charge in [-0.15, -0.1) is 0 Å². The number of rotatable bonds is 4. The molecule has 0 unspecified atom stereocenters. The Morgan fingerprint density at radius 1 is 1.07 bits per heavy atom. The topological polar surface area (TPSA) is 58.0 Å². The largest absolute Gasteiger partial charge is 0.337 e. The SMILES string of the molecule is O=C1C[C@@H](C(=O)N2CCN(c3cccc[nH+]3)CC2)CN1Cc1ccccc1Cl. The summed E-state index contributed by atoms with van der Waals surface area (Å²) in [4.78, 5) is 34.5. The van der Waals surface area contributed by atoms with Crippen molar-refractivity contribution in [2.45, 2.75) is 13.0 Å². The number of benzene rings is 1. The van der Waals surface area contributed by atoms with E-state index < -0.39 is 0 Å². The van der Waals surface area contributed by atoms with Crippen LogP contribution in [0.15, 0.2) is 48.7 Å². The van der Waals surface area contributed by atoms with Gasteiger partial charge in [-0.2, -0.15) is 0 Å². The number of H-pyrrole nitrogens is 1. The number of amides is 2. The maximum absolute atomic E-state index is 12.9. The van der Waals surface area contributed by atoms with E-state index in [9.17, 15) is 9.59 Å². The van der Waals surface area contributed by atoms with Gasteiger partial charge in [-0.1, -0.05) is 35.9 Å². The van der Waals surface area contributed by atoms with Gasteiger partial charge in [0.2, 0.25) is 11.8 Å². The van der Waals surface area contributed by atoms with Crippen molar-refractivity contribution in [1.82, 2.24) is 9.80 Å². The van der Waals surface area contributed by atoms with Gasteiger partial charge in [0.05, 0.1) is 25.2 Å². The zero-order valence-electron chi connectivity index (χ0n) is 15.7. The molecule has 2 aliphatic rings. The number of hydrogen-bond acceptors (Lipinski definition) is 3. The van der Waals surface area contributed by atoms with E-state index in [-0.39, 0.29) is 24.2 Å². The molecule has 0 spiro atoms. The minimum absolute atomic E-state index is 0.0239. The first kappa shape index (κ1) is 18.7. The summed E-state index contributed by atoms with van der Waals surface area (Å²) < 4.78 is 0. The van der Waals surface area contributed by atoms with Crippen LogP contribution in [0.25, 0.3) is 0 Å². The van der Waals surface area contributed by atoms with Crippen LogP contribution < -0.4 is 9.88 Å². The molecule has 0 aliphatic carbocycles. The molecule has 4 rings (SSSR count). The van der Waals surface area contributed by atoms with Gasteiger partial charge in [0, 0.05) is 30.6 Å². The number of hydrogen-bond donors (Lipinski definition) is 0. The number of halogens is 1. The van der Waals surface area contributed by atoms with Crippen molar-refractivity contribution in [3.05, 3.63) is 59.2 Å². The van der Waals surface area contributed by atoms with Crippen molar-refractivity contribution in [2.24, 2.45) is 5.92 Å². The van der Waals surface area contributed by atoms with E-state index in [0.29, 0.717) is 31.2 Å². The van der Waals surface area contributed by atoms with E-state index in [1.165, 1.54) is 0 Å². The lowest BCUT2D eigenvalue weighted by atomic mass is 10.1. The van der Waals surface area contributed by atoms with Crippen LogP contribution in [0.1, 0.15) is 12.0 Å². The van der Waals surface area contributed by atoms with E-state index >= 15 is 0 Å². The fraction of sp³-hybridized carbons (Fsp3) is 0.381. The second-order valence-electron chi connectivity index (χ2n) is 7.33. The number of nitrogens with zero attached hydrogens (tertiary/aromatic N) is 3. The summed E-state index contributed by atoms with van der Waals surface area (Å²) in [5, 5.41) is 0.652. The van der Waals surface area contributed by atoms with Gasteiger partial charge < -0.3 is 9.80 Å². The standard InChI is InChI=1S/C21H23ClN4O2/c22-18-6-2-1-5-16(18)14-26-15-17(13-20(26)27)21(28)25-11-9-24(10-12-25)19-7-3-4-8-23-19/h1-8,17H,9-15H2/p+1/t17-/m1/s1. The third-order valence-corrected chi connectivity index (χ3v) is 5.88. The fourth-order valence-electron chi connectivity index (χ4n) is 3.93. The predicted octanol–water partition coefficient (Wildman–Crippen LogP) is 1.85. The van der Waals surface area contributed by atoms with Gasteiger partial charge in [0.15, 0.2) is 0 Å². The number of nitrogens with one attached hydrogen (secondary N) is 1. The molecule has 2 aromatic rings. The normalized spacial score (nSPS) is 20.0. The molecule has 1 atom stereocenters. The monoisotopic (exact) mass is 399 g/mol. The van der Waals surface area contributed by atoms with Crippen molar-refractivity contribution in [3.63, 3.8) is 0 Å². The molecule has 7 heteroatoms. The second-order valence-corrected chi connectivity index (χ2v) is 7.73. The van der Waals surface area contributed by atoms with Crippen molar-refractivity contribution < 1.29 is 14.6 Å². The van der Waals surface area contributed by atoms with Crippen LogP contribution >= 0.6 is 11.6 Å². The first-order valence-corrected chi connectivity index (χ1v) is 10.0. The lowest BCUT2D eigenvalue weighted by Crippen LogP contribution is -2.51. The lowest BCUT2D eigenvalue weighted by molar-refractivity contribution is -0.364. The summed E-state index contributed by atoms with van der Waals surface area (Å²) in [6, 6.07) is 13.5. The molecule has 1 N–H and O–H groups in total. The minimum Gasteiger partial charge on any atom is -0.337 e. The van der Waals surface area contributed by atoms with Gasteiger partial charge in [-0.05, 0) is 17.7 Å². The summed E-state index contributed by atoms with van der Waals surface area (Å²) in [7, 11) is 0. The van der Waals surface area contributed by atoms with Crippen molar-refractivity contribution in [3.8, 4) is 0 Å². The highest BCUT2D eigenvalue weighted by Crippen LogP contribution is 2.25. The molecule has 28 heavy (non-hydrogen) atoms. The number of pyridine rings is 1. The Balaban J connectivity index is 1.33. The van der Waals surface area contributed by atoms with Crippen molar-refractivity contribution in [2.75, 3.05) is 37.6 Å². The summed E-state index contributed by atoms with van der Waals surface area (Å²) in [5.41, 5.74) is 0.915. The van der Waals surface area contributed by atoms with Gasteiger partial charge in [0.1, 0.15) is 13.1 Å². The first-order chi connectivity index (χ1) is 13.6. The molecule has 1 aromatic heterocycles. The maximum Gasteiger partial charge on any atom is 0.274 e. The molecule has 2 fully saturated rings. The Morgan fingerprint density at radius 3 is 2.54 bits per heavy atom. The average Bonchev–Trinajstić information content (AvgIpc) is 3.10. The lowest BCUT2D eigenvalue weighted by Gasteiger charge is -2.32. The summed E-state index contributed by atoms with van der Waals surface area (Å²) in [6.45, 7) is 3.86.